The fourth-order valence-corrected chi connectivity index (χ4v) is 1.88. The molecule has 1 amide bonds. The molecule has 0 saturated heterocycles. The molecular weight excluding hydrogens is 210 g/mol. The van der Waals surface area contributed by atoms with Crippen molar-refractivity contribution in [3.63, 3.8) is 0 Å². The quantitative estimate of drug-likeness (QED) is 0.659. The number of nitrogens with zero attached hydrogens (tertiary/aromatic N) is 1. The molecule has 0 spiro atoms. The third-order valence-electron chi connectivity index (χ3n) is 2.94. The van der Waals surface area contributed by atoms with Gasteiger partial charge >= 0.3 is 0 Å². The molecule has 17 heavy (non-hydrogen) atoms. The monoisotopic (exact) mass is 233 g/mol. The summed E-state index contributed by atoms with van der Waals surface area (Å²) in [6.45, 7) is 5.47. The first-order valence-corrected chi connectivity index (χ1v) is 6.53. The van der Waals surface area contributed by atoms with Crippen LogP contribution in [0.4, 0.5) is 0 Å². The van der Waals surface area contributed by atoms with E-state index in [2.05, 4.69) is 19.1 Å². The van der Waals surface area contributed by atoms with E-state index in [9.17, 15) is 4.79 Å². The van der Waals surface area contributed by atoms with Crippen molar-refractivity contribution in [2.24, 2.45) is 0 Å². The largest absolute Gasteiger partial charge is 0.339 e. The summed E-state index contributed by atoms with van der Waals surface area (Å²) in [5.41, 5.74) is 1.21. The molecule has 2 nitrogen and oxygen atoms in total. The SMILES string of the molecule is CCCCCCN(Cc1ccccc1)C(C)=O. The Morgan fingerprint density at radius 2 is 1.82 bits per heavy atom. The van der Waals surface area contributed by atoms with Gasteiger partial charge in [-0.25, -0.2) is 0 Å². The summed E-state index contributed by atoms with van der Waals surface area (Å²) in [5.74, 6) is 0.172. The molecule has 1 rings (SSSR count). The van der Waals surface area contributed by atoms with Crippen molar-refractivity contribution in [3.8, 4) is 0 Å². The van der Waals surface area contributed by atoms with Gasteiger partial charge in [-0.15, -0.1) is 0 Å². The highest BCUT2D eigenvalue weighted by Gasteiger charge is 2.08. The molecule has 0 aliphatic heterocycles. The van der Waals surface area contributed by atoms with E-state index in [1.54, 1.807) is 6.92 Å². The molecule has 0 aromatic heterocycles. The maximum atomic E-state index is 11.5. The van der Waals surface area contributed by atoms with Crippen LogP contribution in [-0.4, -0.2) is 17.4 Å². The normalized spacial score (nSPS) is 10.2. The van der Waals surface area contributed by atoms with Crippen LogP contribution in [0.3, 0.4) is 0 Å². The lowest BCUT2D eigenvalue weighted by Crippen LogP contribution is -2.29. The Hall–Kier alpha value is -1.31. The first kappa shape index (κ1) is 13.8. The van der Waals surface area contributed by atoms with Gasteiger partial charge in [0.15, 0.2) is 0 Å². The molecule has 0 atom stereocenters. The smallest absolute Gasteiger partial charge is 0.219 e. The number of rotatable bonds is 7. The Labute approximate surface area is 105 Å². The lowest BCUT2D eigenvalue weighted by Gasteiger charge is -2.21. The van der Waals surface area contributed by atoms with Gasteiger partial charge in [-0.3, -0.25) is 4.79 Å². The highest BCUT2D eigenvalue weighted by molar-refractivity contribution is 5.73. The molecule has 1 aromatic carbocycles. The summed E-state index contributed by atoms with van der Waals surface area (Å²) in [4.78, 5) is 13.5. The van der Waals surface area contributed by atoms with Crippen molar-refractivity contribution in [1.82, 2.24) is 4.90 Å². The van der Waals surface area contributed by atoms with E-state index in [4.69, 9.17) is 0 Å². The molecule has 0 aliphatic rings. The molecule has 1 aromatic rings. The van der Waals surface area contributed by atoms with E-state index in [0.29, 0.717) is 0 Å². The standard InChI is InChI=1S/C15H23NO/c1-3-4-5-9-12-16(14(2)17)13-15-10-7-6-8-11-15/h6-8,10-11H,3-5,9,12-13H2,1-2H3. The van der Waals surface area contributed by atoms with Gasteiger partial charge in [0.05, 0.1) is 0 Å². The Balaban J connectivity index is 2.41. The zero-order chi connectivity index (χ0) is 12.5. The van der Waals surface area contributed by atoms with Crippen LogP contribution in [0.25, 0.3) is 0 Å². The number of benzene rings is 1. The van der Waals surface area contributed by atoms with Crippen LogP contribution in [-0.2, 0) is 11.3 Å². The molecule has 0 saturated carbocycles. The van der Waals surface area contributed by atoms with Gasteiger partial charge < -0.3 is 4.90 Å². The van der Waals surface area contributed by atoms with E-state index in [-0.39, 0.29) is 5.91 Å². The lowest BCUT2D eigenvalue weighted by molar-refractivity contribution is -0.129. The summed E-state index contributed by atoms with van der Waals surface area (Å²) in [5, 5.41) is 0. The van der Waals surface area contributed by atoms with E-state index < -0.39 is 0 Å². The first-order valence-electron chi connectivity index (χ1n) is 6.53. The minimum Gasteiger partial charge on any atom is -0.339 e. The van der Waals surface area contributed by atoms with Crippen LogP contribution in [0.1, 0.15) is 45.1 Å². The second-order valence-electron chi connectivity index (χ2n) is 4.49. The summed E-state index contributed by atoms with van der Waals surface area (Å²) in [6, 6.07) is 10.2. The van der Waals surface area contributed by atoms with E-state index in [1.807, 2.05) is 23.1 Å². The van der Waals surface area contributed by atoms with Crippen LogP contribution in [0.5, 0.6) is 0 Å². The van der Waals surface area contributed by atoms with Crippen molar-refractivity contribution < 1.29 is 4.79 Å². The number of carbonyl (C=O) groups is 1. The highest BCUT2D eigenvalue weighted by atomic mass is 16.2. The topological polar surface area (TPSA) is 20.3 Å². The molecule has 0 N–H and O–H groups in total. The lowest BCUT2D eigenvalue weighted by atomic mass is 10.1. The second-order valence-corrected chi connectivity index (χ2v) is 4.49. The molecular formula is C15H23NO. The molecule has 0 bridgehead atoms. The molecule has 0 fully saturated rings. The van der Waals surface area contributed by atoms with Crippen LogP contribution < -0.4 is 0 Å². The van der Waals surface area contributed by atoms with E-state index in [1.165, 1.54) is 24.8 Å². The summed E-state index contributed by atoms with van der Waals surface area (Å²) in [6.07, 6.45) is 4.82. The van der Waals surface area contributed by atoms with Crippen molar-refractivity contribution in [3.05, 3.63) is 35.9 Å². The molecule has 0 heterocycles. The van der Waals surface area contributed by atoms with Gasteiger partial charge in [0.1, 0.15) is 0 Å². The van der Waals surface area contributed by atoms with Crippen LogP contribution >= 0.6 is 0 Å². The van der Waals surface area contributed by atoms with Crippen LogP contribution in [0, 0.1) is 0 Å². The Kier molecular flexibility index (Phi) is 6.38. The summed E-state index contributed by atoms with van der Waals surface area (Å²) in [7, 11) is 0. The maximum Gasteiger partial charge on any atom is 0.219 e. The van der Waals surface area contributed by atoms with E-state index in [0.717, 1.165) is 19.5 Å². The molecule has 2 heteroatoms. The predicted octanol–water partition coefficient (Wildman–Crippen LogP) is 3.62. The average Bonchev–Trinajstić information content (AvgIpc) is 2.34. The highest BCUT2D eigenvalue weighted by Crippen LogP contribution is 2.07. The van der Waals surface area contributed by atoms with Crippen LogP contribution in [0.2, 0.25) is 0 Å². The van der Waals surface area contributed by atoms with Gasteiger partial charge in [-0.2, -0.15) is 0 Å². The Morgan fingerprint density at radius 3 is 2.41 bits per heavy atom. The zero-order valence-corrected chi connectivity index (χ0v) is 11.0. The summed E-state index contributed by atoms with van der Waals surface area (Å²) >= 11 is 0. The number of hydrogen-bond acceptors (Lipinski definition) is 1. The van der Waals surface area contributed by atoms with Crippen LogP contribution in [0.15, 0.2) is 30.3 Å². The number of carbonyl (C=O) groups excluding carboxylic acids is 1. The number of unbranched alkanes of at least 4 members (excludes halogenated alkanes) is 3. The Morgan fingerprint density at radius 1 is 1.12 bits per heavy atom. The summed E-state index contributed by atoms with van der Waals surface area (Å²) < 4.78 is 0. The van der Waals surface area contributed by atoms with Crippen molar-refractivity contribution in [2.75, 3.05) is 6.54 Å². The molecule has 0 unspecified atom stereocenters. The van der Waals surface area contributed by atoms with Gasteiger partial charge in [-0.05, 0) is 12.0 Å². The predicted molar refractivity (Wildman–Crippen MR) is 71.7 cm³/mol. The van der Waals surface area contributed by atoms with Gasteiger partial charge in [0, 0.05) is 20.0 Å². The fourth-order valence-electron chi connectivity index (χ4n) is 1.88. The maximum absolute atomic E-state index is 11.5. The van der Waals surface area contributed by atoms with Gasteiger partial charge in [0.2, 0.25) is 5.91 Å². The second kappa shape index (κ2) is 7.88. The van der Waals surface area contributed by atoms with E-state index >= 15 is 0 Å². The van der Waals surface area contributed by atoms with Crippen molar-refractivity contribution in [1.29, 1.82) is 0 Å². The number of hydrogen-bond donors (Lipinski definition) is 0. The third kappa shape index (κ3) is 5.53. The Bertz CT molecular complexity index is 321. The first-order chi connectivity index (χ1) is 8.24. The van der Waals surface area contributed by atoms with Gasteiger partial charge in [0.25, 0.3) is 0 Å². The molecule has 0 aliphatic carbocycles. The number of amides is 1. The van der Waals surface area contributed by atoms with Crippen molar-refractivity contribution in [2.45, 2.75) is 46.1 Å². The minimum atomic E-state index is 0.172. The minimum absolute atomic E-state index is 0.172. The average molecular weight is 233 g/mol. The molecule has 0 radical (unpaired) electrons. The molecule has 94 valence electrons. The zero-order valence-electron chi connectivity index (χ0n) is 11.0. The third-order valence-corrected chi connectivity index (χ3v) is 2.94. The van der Waals surface area contributed by atoms with Crippen molar-refractivity contribution >= 4 is 5.91 Å². The fraction of sp³-hybridized carbons (Fsp3) is 0.533. The van der Waals surface area contributed by atoms with Gasteiger partial charge in [-0.1, -0.05) is 56.5 Å².